The number of thiazole rings is 1. The monoisotopic (exact) mass is 317 g/mol. The second-order valence-electron chi connectivity index (χ2n) is 5.70. The van der Waals surface area contributed by atoms with Crippen molar-refractivity contribution in [1.82, 2.24) is 10.3 Å². The van der Waals surface area contributed by atoms with E-state index in [1.165, 1.54) is 22.5 Å². The molecule has 1 amide bonds. The Bertz CT molecular complexity index is 698. The fraction of sp³-hybridized carbons (Fsp3) is 0.375. The fourth-order valence-corrected chi connectivity index (χ4v) is 3.38. The van der Waals surface area contributed by atoms with Crippen LogP contribution >= 0.6 is 11.3 Å². The van der Waals surface area contributed by atoms with Crippen molar-refractivity contribution >= 4 is 22.4 Å². The first kappa shape index (κ1) is 15.1. The van der Waals surface area contributed by atoms with Crippen molar-refractivity contribution in [1.29, 1.82) is 0 Å². The van der Waals surface area contributed by atoms with Crippen LogP contribution in [-0.4, -0.2) is 34.7 Å². The zero-order valence-electron chi connectivity index (χ0n) is 12.6. The lowest BCUT2D eigenvalue weighted by atomic mass is 10.0. The van der Waals surface area contributed by atoms with E-state index in [1.54, 1.807) is 0 Å². The average molecular weight is 317 g/mol. The molecule has 2 unspecified atom stereocenters. The smallest absolute Gasteiger partial charge is 0.243 e. The number of aromatic nitrogens is 1. The van der Waals surface area contributed by atoms with Crippen LogP contribution in [0.15, 0.2) is 23.6 Å². The van der Waals surface area contributed by atoms with E-state index in [9.17, 15) is 9.90 Å². The van der Waals surface area contributed by atoms with Crippen LogP contribution in [0.5, 0.6) is 0 Å². The molecule has 0 bridgehead atoms. The van der Waals surface area contributed by atoms with E-state index < -0.39 is 6.10 Å². The number of nitrogens with zero attached hydrogens (tertiary/aromatic N) is 1. The number of carbonyl (C=O) groups is 1. The maximum absolute atomic E-state index is 12.1. The minimum Gasteiger partial charge on any atom is -0.392 e. The van der Waals surface area contributed by atoms with Gasteiger partial charge in [0.05, 0.1) is 17.8 Å². The van der Waals surface area contributed by atoms with Crippen LogP contribution in [-0.2, 0) is 4.79 Å². The standard InChI is InChI=1S/C16H19N3O2S/c1-9-3-4-12(10(2)5-9)14-8-22-16(18-14)19-15(21)13-6-11(20)7-17-13/h3-5,8,11,13,17,20H,6-7H2,1-2H3,(H,18,19,21). The van der Waals surface area contributed by atoms with Gasteiger partial charge in [-0.1, -0.05) is 23.8 Å². The number of aliphatic hydroxyl groups excluding tert-OH is 1. The van der Waals surface area contributed by atoms with Crippen molar-refractivity contribution in [2.45, 2.75) is 32.4 Å². The number of amides is 1. The van der Waals surface area contributed by atoms with Crippen molar-refractivity contribution in [3.8, 4) is 11.3 Å². The van der Waals surface area contributed by atoms with Gasteiger partial charge in [0, 0.05) is 17.5 Å². The number of carbonyl (C=O) groups excluding carboxylic acids is 1. The predicted octanol–water partition coefficient (Wildman–Crippen LogP) is 2.09. The van der Waals surface area contributed by atoms with Gasteiger partial charge in [0.25, 0.3) is 0 Å². The Balaban J connectivity index is 1.72. The summed E-state index contributed by atoms with van der Waals surface area (Å²) in [5.74, 6) is -0.141. The first-order chi connectivity index (χ1) is 10.5. The van der Waals surface area contributed by atoms with E-state index in [1.807, 2.05) is 5.38 Å². The molecule has 1 aliphatic rings. The van der Waals surface area contributed by atoms with Crippen LogP contribution in [0.25, 0.3) is 11.3 Å². The summed E-state index contributed by atoms with van der Waals surface area (Å²) in [4.78, 5) is 16.6. The van der Waals surface area contributed by atoms with Crippen LogP contribution in [0.3, 0.4) is 0 Å². The van der Waals surface area contributed by atoms with Crippen molar-refractivity contribution in [3.05, 3.63) is 34.7 Å². The predicted molar refractivity (Wildman–Crippen MR) is 88.1 cm³/mol. The molecule has 1 aromatic heterocycles. The lowest BCUT2D eigenvalue weighted by Gasteiger charge is -2.08. The van der Waals surface area contributed by atoms with E-state index >= 15 is 0 Å². The third-order valence-corrected chi connectivity index (χ3v) is 4.57. The molecular formula is C16H19N3O2S. The molecule has 2 aromatic rings. The SMILES string of the molecule is Cc1ccc(-c2csc(NC(=O)C3CC(O)CN3)n2)c(C)c1. The van der Waals surface area contributed by atoms with Gasteiger partial charge in [-0.2, -0.15) is 0 Å². The summed E-state index contributed by atoms with van der Waals surface area (Å²) in [5.41, 5.74) is 4.34. The normalized spacial score (nSPS) is 21.0. The summed E-state index contributed by atoms with van der Waals surface area (Å²) in [6.45, 7) is 4.58. The van der Waals surface area contributed by atoms with Gasteiger partial charge in [0.15, 0.2) is 5.13 Å². The molecule has 0 aliphatic carbocycles. The maximum Gasteiger partial charge on any atom is 0.243 e. The van der Waals surface area contributed by atoms with Crippen LogP contribution in [0.4, 0.5) is 5.13 Å². The summed E-state index contributed by atoms with van der Waals surface area (Å²) in [6.07, 6.45) is -0.000897. The number of hydrogen-bond acceptors (Lipinski definition) is 5. The third-order valence-electron chi connectivity index (χ3n) is 3.82. The van der Waals surface area contributed by atoms with Gasteiger partial charge in [-0.25, -0.2) is 4.98 Å². The zero-order chi connectivity index (χ0) is 15.7. The summed E-state index contributed by atoms with van der Waals surface area (Å²) in [5, 5.41) is 17.8. The molecule has 3 N–H and O–H groups in total. The maximum atomic E-state index is 12.1. The van der Waals surface area contributed by atoms with Crippen molar-refractivity contribution in [3.63, 3.8) is 0 Å². The van der Waals surface area contributed by atoms with Crippen molar-refractivity contribution < 1.29 is 9.90 Å². The summed E-state index contributed by atoms with van der Waals surface area (Å²) in [7, 11) is 0. The topological polar surface area (TPSA) is 74.2 Å². The van der Waals surface area contributed by atoms with Gasteiger partial charge >= 0.3 is 0 Å². The van der Waals surface area contributed by atoms with Crippen LogP contribution in [0.2, 0.25) is 0 Å². The Hall–Kier alpha value is -1.76. The van der Waals surface area contributed by atoms with E-state index in [4.69, 9.17) is 0 Å². The van der Waals surface area contributed by atoms with Crippen LogP contribution < -0.4 is 10.6 Å². The highest BCUT2D eigenvalue weighted by atomic mass is 32.1. The van der Waals surface area contributed by atoms with E-state index in [2.05, 4.69) is 47.7 Å². The van der Waals surface area contributed by atoms with Crippen molar-refractivity contribution in [2.75, 3.05) is 11.9 Å². The largest absolute Gasteiger partial charge is 0.392 e. The highest BCUT2D eigenvalue weighted by molar-refractivity contribution is 7.14. The molecule has 6 heteroatoms. The molecule has 1 fully saturated rings. The number of anilines is 1. The Morgan fingerprint density at radius 1 is 1.45 bits per heavy atom. The second kappa shape index (κ2) is 6.16. The minimum atomic E-state index is -0.446. The Morgan fingerprint density at radius 2 is 2.27 bits per heavy atom. The molecule has 5 nitrogen and oxygen atoms in total. The molecule has 2 heterocycles. The summed E-state index contributed by atoms with van der Waals surface area (Å²) < 4.78 is 0. The molecule has 0 radical (unpaired) electrons. The molecule has 0 spiro atoms. The van der Waals surface area contributed by atoms with E-state index in [-0.39, 0.29) is 11.9 Å². The van der Waals surface area contributed by atoms with Gasteiger partial charge < -0.3 is 15.7 Å². The Morgan fingerprint density at radius 3 is 2.95 bits per heavy atom. The number of nitrogens with one attached hydrogen (secondary N) is 2. The number of aliphatic hydroxyl groups is 1. The molecule has 22 heavy (non-hydrogen) atoms. The van der Waals surface area contributed by atoms with Gasteiger partial charge in [-0.15, -0.1) is 11.3 Å². The summed E-state index contributed by atoms with van der Waals surface area (Å²) in [6, 6.07) is 5.89. The number of β-amino-alcohol motifs (C(OH)–C–C–N with tert-alkyl or cyclic N) is 1. The number of benzene rings is 1. The lowest BCUT2D eigenvalue weighted by Crippen LogP contribution is -2.35. The minimum absolute atomic E-state index is 0.141. The molecule has 2 atom stereocenters. The zero-order valence-corrected chi connectivity index (χ0v) is 13.4. The van der Waals surface area contributed by atoms with E-state index in [0.29, 0.717) is 18.1 Å². The Labute approximate surface area is 133 Å². The third kappa shape index (κ3) is 3.19. The quantitative estimate of drug-likeness (QED) is 0.810. The highest BCUT2D eigenvalue weighted by Gasteiger charge is 2.28. The lowest BCUT2D eigenvalue weighted by molar-refractivity contribution is -0.117. The summed E-state index contributed by atoms with van der Waals surface area (Å²) >= 11 is 1.41. The molecule has 0 saturated carbocycles. The first-order valence-corrected chi connectivity index (χ1v) is 8.16. The molecule has 1 saturated heterocycles. The van der Waals surface area contributed by atoms with Gasteiger partial charge in [0.2, 0.25) is 5.91 Å². The number of rotatable bonds is 3. The molecule has 1 aromatic carbocycles. The molecular weight excluding hydrogens is 298 g/mol. The van der Waals surface area contributed by atoms with Gasteiger partial charge in [-0.3, -0.25) is 4.79 Å². The van der Waals surface area contributed by atoms with Gasteiger partial charge in [-0.05, 0) is 25.8 Å². The fourth-order valence-electron chi connectivity index (χ4n) is 2.67. The van der Waals surface area contributed by atoms with Crippen molar-refractivity contribution in [2.24, 2.45) is 0 Å². The average Bonchev–Trinajstić information content (AvgIpc) is 3.08. The molecule has 116 valence electrons. The van der Waals surface area contributed by atoms with E-state index in [0.717, 1.165) is 11.3 Å². The molecule has 1 aliphatic heterocycles. The number of hydrogen-bond donors (Lipinski definition) is 3. The van der Waals surface area contributed by atoms with Gasteiger partial charge in [0.1, 0.15) is 0 Å². The first-order valence-electron chi connectivity index (χ1n) is 7.28. The second-order valence-corrected chi connectivity index (χ2v) is 6.55. The van der Waals surface area contributed by atoms with Crippen LogP contribution in [0, 0.1) is 13.8 Å². The Kier molecular flexibility index (Phi) is 4.24. The number of aryl methyl sites for hydroxylation is 2. The molecule has 3 rings (SSSR count). The van der Waals surface area contributed by atoms with Crippen LogP contribution in [0.1, 0.15) is 17.5 Å². The highest BCUT2D eigenvalue weighted by Crippen LogP contribution is 2.28.